The SMILES string of the molecule is CC(=O)OC[C@H]1O[C@@H](O[C@H](C)/C=C/[C@H]2C(C)=CC(=O)CC2(C)C)[C@H](OC(C)=O)[C@@H](OC(C)=O)[C@@H]1OC(C)=O. The van der Waals surface area contributed by atoms with Gasteiger partial charge in [0.15, 0.2) is 30.4 Å². The van der Waals surface area contributed by atoms with E-state index in [0.29, 0.717) is 6.42 Å². The molecular weight excluding hydrogens is 500 g/mol. The molecule has 0 N–H and O–H groups in total. The van der Waals surface area contributed by atoms with Gasteiger partial charge < -0.3 is 28.4 Å². The lowest BCUT2D eigenvalue weighted by Gasteiger charge is -2.44. The summed E-state index contributed by atoms with van der Waals surface area (Å²) < 4.78 is 33.3. The Hall–Kier alpha value is -3.05. The fraction of sp³-hybridized carbons (Fsp3) is 0.667. The first kappa shape index (κ1) is 31.2. The molecule has 0 aromatic rings. The molecule has 11 nitrogen and oxygen atoms in total. The molecule has 0 bridgehead atoms. The van der Waals surface area contributed by atoms with E-state index in [-0.39, 0.29) is 23.7 Å². The Bertz CT molecular complexity index is 980. The Kier molecular flexibility index (Phi) is 10.8. The van der Waals surface area contributed by atoms with Gasteiger partial charge in [-0.05, 0) is 25.3 Å². The van der Waals surface area contributed by atoms with Crippen molar-refractivity contribution in [1.82, 2.24) is 0 Å². The summed E-state index contributed by atoms with van der Waals surface area (Å²) in [5, 5.41) is 0. The summed E-state index contributed by atoms with van der Waals surface area (Å²) in [6, 6.07) is 0. The van der Waals surface area contributed by atoms with E-state index in [9.17, 15) is 24.0 Å². The highest BCUT2D eigenvalue weighted by molar-refractivity contribution is 5.92. The Morgan fingerprint density at radius 2 is 1.53 bits per heavy atom. The van der Waals surface area contributed by atoms with Crippen LogP contribution in [0.1, 0.15) is 61.8 Å². The summed E-state index contributed by atoms with van der Waals surface area (Å²) in [4.78, 5) is 59.3. The normalized spacial score (nSPS) is 29.7. The number of rotatable bonds is 9. The van der Waals surface area contributed by atoms with Crippen molar-refractivity contribution >= 4 is 29.7 Å². The molecule has 7 atom stereocenters. The largest absolute Gasteiger partial charge is 0.463 e. The van der Waals surface area contributed by atoms with Crippen LogP contribution >= 0.6 is 0 Å². The number of carbonyl (C=O) groups excluding carboxylic acids is 5. The number of allylic oxidation sites excluding steroid dienone is 3. The van der Waals surface area contributed by atoms with Crippen molar-refractivity contribution in [1.29, 1.82) is 0 Å². The van der Waals surface area contributed by atoms with E-state index in [2.05, 4.69) is 0 Å². The van der Waals surface area contributed by atoms with Crippen LogP contribution in [-0.2, 0) is 52.4 Å². The van der Waals surface area contributed by atoms with Crippen LogP contribution in [0.15, 0.2) is 23.8 Å². The number of hydrogen-bond donors (Lipinski definition) is 0. The van der Waals surface area contributed by atoms with Gasteiger partial charge in [0.2, 0.25) is 0 Å². The van der Waals surface area contributed by atoms with Crippen LogP contribution in [0.5, 0.6) is 0 Å². The summed E-state index contributed by atoms with van der Waals surface area (Å²) >= 11 is 0. The van der Waals surface area contributed by atoms with E-state index in [1.54, 1.807) is 19.1 Å². The standard InChI is InChI=1S/C27H38O11/c1-14-11-20(32)12-27(7,8)21(14)10-9-15(2)34-26-25(37-19(6)31)24(36-18(5)30)23(35-17(4)29)22(38-26)13-33-16(3)28/h9-11,15,21-26H,12-13H2,1-8H3/b10-9+/t15-,21+,22-,23-,24+,25-,26-/m1/s1. The highest BCUT2D eigenvalue weighted by Gasteiger charge is 2.53. The van der Waals surface area contributed by atoms with Gasteiger partial charge in [-0.25, -0.2) is 0 Å². The second-order valence-corrected chi connectivity index (χ2v) is 10.3. The van der Waals surface area contributed by atoms with Gasteiger partial charge in [-0.2, -0.15) is 0 Å². The Balaban J connectivity index is 2.37. The fourth-order valence-electron chi connectivity index (χ4n) is 4.81. The number of esters is 4. The van der Waals surface area contributed by atoms with Crippen LogP contribution in [0.4, 0.5) is 0 Å². The molecule has 0 radical (unpaired) electrons. The number of ketones is 1. The lowest BCUT2D eigenvalue weighted by molar-refractivity contribution is -0.312. The van der Waals surface area contributed by atoms with Crippen molar-refractivity contribution in [2.75, 3.05) is 6.61 Å². The molecule has 0 saturated carbocycles. The molecule has 1 saturated heterocycles. The quantitative estimate of drug-likeness (QED) is 0.243. The van der Waals surface area contributed by atoms with Crippen LogP contribution in [0.3, 0.4) is 0 Å². The highest BCUT2D eigenvalue weighted by Crippen LogP contribution is 2.40. The van der Waals surface area contributed by atoms with Crippen molar-refractivity contribution in [3.63, 3.8) is 0 Å². The van der Waals surface area contributed by atoms with E-state index in [4.69, 9.17) is 28.4 Å². The van der Waals surface area contributed by atoms with E-state index < -0.39 is 60.7 Å². The molecular formula is C27H38O11. The lowest BCUT2D eigenvalue weighted by atomic mass is 9.68. The first-order valence-corrected chi connectivity index (χ1v) is 12.5. The summed E-state index contributed by atoms with van der Waals surface area (Å²) in [5.41, 5.74) is 0.641. The molecule has 1 fully saturated rings. The topological polar surface area (TPSA) is 141 Å². The van der Waals surface area contributed by atoms with E-state index in [0.717, 1.165) is 19.4 Å². The summed E-state index contributed by atoms with van der Waals surface area (Å²) in [6.45, 7) is 12.0. The van der Waals surface area contributed by atoms with Gasteiger partial charge in [0.1, 0.15) is 12.7 Å². The zero-order valence-corrected chi connectivity index (χ0v) is 23.2. The average Bonchev–Trinajstić information content (AvgIpc) is 2.74. The molecule has 212 valence electrons. The molecule has 0 aromatic carbocycles. The Morgan fingerprint density at radius 3 is 2.05 bits per heavy atom. The number of hydrogen-bond acceptors (Lipinski definition) is 11. The van der Waals surface area contributed by atoms with Crippen LogP contribution in [0, 0.1) is 11.3 Å². The minimum atomic E-state index is -1.30. The van der Waals surface area contributed by atoms with Gasteiger partial charge in [0.05, 0.1) is 6.10 Å². The van der Waals surface area contributed by atoms with Gasteiger partial charge in [-0.15, -0.1) is 0 Å². The van der Waals surface area contributed by atoms with Crippen LogP contribution in [0.2, 0.25) is 0 Å². The first-order valence-electron chi connectivity index (χ1n) is 12.5. The molecule has 11 heteroatoms. The maximum Gasteiger partial charge on any atom is 0.303 e. The molecule has 2 rings (SSSR count). The average molecular weight is 539 g/mol. The van der Waals surface area contributed by atoms with Crippen molar-refractivity contribution in [3.05, 3.63) is 23.8 Å². The summed E-state index contributed by atoms with van der Waals surface area (Å²) in [7, 11) is 0. The maximum absolute atomic E-state index is 12.0. The molecule has 2 aliphatic rings. The van der Waals surface area contributed by atoms with Crippen molar-refractivity contribution < 1.29 is 52.4 Å². The van der Waals surface area contributed by atoms with E-state index >= 15 is 0 Å². The fourth-order valence-corrected chi connectivity index (χ4v) is 4.81. The molecule has 0 unspecified atom stereocenters. The van der Waals surface area contributed by atoms with Crippen molar-refractivity contribution in [3.8, 4) is 0 Å². The third-order valence-corrected chi connectivity index (χ3v) is 6.22. The predicted octanol–water partition coefficient (Wildman–Crippen LogP) is 2.59. The van der Waals surface area contributed by atoms with Crippen LogP contribution in [-0.4, -0.2) is 73.1 Å². The molecule has 1 aliphatic carbocycles. The third-order valence-electron chi connectivity index (χ3n) is 6.22. The maximum atomic E-state index is 12.0. The van der Waals surface area contributed by atoms with E-state index in [1.165, 1.54) is 13.8 Å². The lowest BCUT2D eigenvalue weighted by Crippen LogP contribution is -2.63. The van der Waals surface area contributed by atoms with Crippen LogP contribution < -0.4 is 0 Å². The molecule has 1 heterocycles. The minimum Gasteiger partial charge on any atom is -0.463 e. The second kappa shape index (κ2) is 13.1. The molecule has 0 amide bonds. The number of ether oxygens (including phenoxy) is 6. The van der Waals surface area contributed by atoms with Gasteiger partial charge in [0, 0.05) is 40.0 Å². The van der Waals surface area contributed by atoms with Gasteiger partial charge in [0.25, 0.3) is 0 Å². The first-order chi connectivity index (χ1) is 17.6. The zero-order chi connectivity index (χ0) is 28.8. The number of carbonyl (C=O) groups is 5. The Labute approximate surface area is 222 Å². The molecule has 1 aliphatic heterocycles. The smallest absolute Gasteiger partial charge is 0.303 e. The van der Waals surface area contributed by atoms with E-state index in [1.807, 2.05) is 26.8 Å². The zero-order valence-electron chi connectivity index (χ0n) is 23.2. The monoisotopic (exact) mass is 538 g/mol. The third kappa shape index (κ3) is 8.76. The summed E-state index contributed by atoms with van der Waals surface area (Å²) in [5.74, 6) is -2.67. The van der Waals surface area contributed by atoms with Gasteiger partial charge in [-0.3, -0.25) is 24.0 Å². The molecule has 38 heavy (non-hydrogen) atoms. The predicted molar refractivity (Wildman–Crippen MR) is 132 cm³/mol. The van der Waals surface area contributed by atoms with Crippen molar-refractivity contribution in [2.45, 2.75) is 98.6 Å². The Morgan fingerprint density at radius 1 is 0.974 bits per heavy atom. The summed E-state index contributed by atoms with van der Waals surface area (Å²) in [6.07, 6.45) is -0.987. The second-order valence-electron chi connectivity index (χ2n) is 10.3. The molecule has 0 aromatic heterocycles. The van der Waals surface area contributed by atoms with Gasteiger partial charge >= 0.3 is 23.9 Å². The van der Waals surface area contributed by atoms with Crippen molar-refractivity contribution in [2.24, 2.45) is 11.3 Å². The minimum absolute atomic E-state index is 0.0124. The highest BCUT2D eigenvalue weighted by atomic mass is 16.7. The van der Waals surface area contributed by atoms with Crippen LogP contribution in [0.25, 0.3) is 0 Å². The molecule has 0 spiro atoms. The van der Waals surface area contributed by atoms with Gasteiger partial charge in [-0.1, -0.05) is 31.6 Å².